The summed E-state index contributed by atoms with van der Waals surface area (Å²) < 4.78 is 11.2. The van der Waals surface area contributed by atoms with Gasteiger partial charge in [0.1, 0.15) is 6.61 Å². The number of nitrogens with one attached hydrogen (secondary N) is 1. The zero-order chi connectivity index (χ0) is 17.4. The summed E-state index contributed by atoms with van der Waals surface area (Å²) in [5, 5.41) is 2.81. The van der Waals surface area contributed by atoms with Crippen molar-refractivity contribution in [1.82, 2.24) is 5.32 Å². The lowest BCUT2D eigenvalue weighted by molar-refractivity contribution is -0.116. The van der Waals surface area contributed by atoms with Gasteiger partial charge in [0.2, 0.25) is 5.91 Å². The van der Waals surface area contributed by atoms with Gasteiger partial charge in [-0.05, 0) is 43.2 Å². The average Bonchev–Trinajstić information content (AvgIpc) is 2.58. The van der Waals surface area contributed by atoms with Crippen LogP contribution in [-0.2, 0) is 11.4 Å². The van der Waals surface area contributed by atoms with Crippen molar-refractivity contribution in [1.29, 1.82) is 0 Å². The molecule has 0 aliphatic rings. The van der Waals surface area contributed by atoms with Gasteiger partial charge >= 0.3 is 0 Å². The summed E-state index contributed by atoms with van der Waals surface area (Å²) in [6, 6.07) is 15.7. The van der Waals surface area contributed by atoms with Gasteiger partial charge in [-0.25, -0.2) is 0 Å². The summed E-state index contributed by atoms with van der Waals surface area (Å²) in [4.78, 5) is 11.7. The second kappa shape index (κ2) is 8.77. The van der Waals surface area contributed by atoms with Gasteiger partial charge in [0, 0.05) is 12.1 Å². The second-order valence-corrected chi connectivity index (χ2v) is 5.68. The minimum atomic E-state index is -0.117. The van der Waals surface area contributed by atoms with E-state index in [2.05, 4.69) is 5.32 Å². The highest BCUT2D eigenvalue weighted by Crippen LogP contribution is 2.29. The van der Waals surface area contributed by atoms with E-state index in [0.717, 1.165) is 11.1 Å². The van der Waals surface area contributed by atoms with Gasteiger partial charge in [-0.15, -0.1) is 0 Å². The number of ether oxygens (including phenoxy) is 2. The van der Waals surface area contributed by atoms with Crippen molar-refractivity contribution >= 4 is 12.0 Å². The van der Waals surface area contributed by atoms with E-state index in [-0.39, 0.29) is 11.9 Å². The number of rotatable bonds is 7. The minimum absolute atomic E-state index is 0.116. The molecule has 0 heterocycles. The molecule has 0 aliphatic carbocycles. The van der Waals surface area contributed by atoms with Crippen molar-refractivity contribution in [2.75, 3.05) is 7.11 Å². The monoisotopic (exact) mass is 325 g/mol. The Kier molecular flexibility index (Phi) is 6.43. The largest absolute Gasteiger partial charge is 0.493 e. The van der Waals surface area contributed by atoms with Gasteiger partial charge in [0.15, 0.2) is 11.5 Å². The van der Waals surface area contributed by atoms with Crippen LogP contribution in [0.25, 0.3) is 6.08 Å². The summed E-state index contributed by atoms with van der Waals surface area (Å²) in [5.74, 6) is 1.19. The quantitative estimate of drug-likeness (QED) is 0.788. The van der Waals surface area contributed by atoms with E-state index in [1.807, 2.05) is 62.4 Å². The van der Waals surface area contributed by atoms with Crippen LogP contribution in [0, 0.1) is 0 Å². The first-order valence-electron chi connectivity index (χ1n) is 7.92. The molecule has 2 aromatic rings. The summed E-state index contributed by atoms with van der Waals surface area (Å²) in [5.41, 5.74) is 1.96. The lowest BCUT2D eigenvalue weighted by Gasteiger charge is -2.11. The number of benzene rings is 2. The highest BCUT2D eigenvalue weighted by atomic mass is 16.5. The van der Waals surface area contributed by atoms with E-state index in [0.29, 0.717) is 18.1 Å². The molecule has 0 atom stereocenters. The van der Waals surface area contributed by atoms with Crippen LogP contribution in [0.4, 0.5) is 0 Å². The molecule has 0 radical (unpaired) electrons. The van der Waals surface area contributed by atoms with Crippen LogP contribution in [-0.4, -0.2) is 19.1 Å². The zero-order valence-electron chi connectivity index (χ0n) is 14.3. The third-order valence-electron chi connectivity index (χ3n) is 3.28. The number of methoxy groups -OCH3 is 1. The first-order valence-corrected chi connectivity index (χ1v) is 7.92. The van der Waals surface area contributed by atoms with Gasteiger partial charge < -0.3 is 14.8 Å². The summed E-state index contributed by atoms with van der Waals surface area (Å²) in [6.07, 6.45) is 3.26. The summed E-state index contributed by atoms with van der Waals surface area (Å²) in [7, 11) is 1.60. The van der Waals surface area contributed by atoms with E-state index in [1.165, 1.54) is 6.08 Å². The molecule has 2 aromatic carbocycles. The lowest BCUT2D eigenvalue weighted by atomic mass is 10.2. The van der Waals surface area contributed by atoms with Gasteiger partial charge in [0.05, 0.1) is 7.11 Å². The van der Waals surface area contributed by atoms with Crippen LogP contribution in [0.5, 0.6) is 11.5 Å². The Morgan fingerprint density at radius 1 is 1.12 bits per heavy atom. The fraction of sp³-hybridized carbons (Fsp3) is 0.250. The molecular weight excluding hydrogens is 302 g/mol. The Balaban J connectivity index is 2.04. The maximum Gasteiger partial charge on any atom is 0.244 e. The third kappa shape index (κ3) is 5.47. The summed E-state index contributed by atoms with van der Waals surface area (Å²) in [6.45, 7) is 4.32. The molecule has 2 rings (SSSR count). The standard InChI is InChI=1S/C20H23NO3/c1-15(2)21-20(22)12-10-16-9-11-18(19(13-16)23-3)24-14-17-7-5-4-6-8-17/h4-13,15H,14H2,1-3H3,(H,21,22)/b12-10+. The van der Waals surface area contributed by atoms with Gasteiger partial charge in [0.25, 0.3) is 0 Å². The van der Waals surface area contributed by atoms with E-state index in [9.17, 15) is 4.79 Å². The number of hydrogen-bond donors (Lipinski definition) is 1. The molecule has 4 heteroatoms. The first kappa shape index (κ1) is 17.6. The predicted octanol–water partition coefficient (Wildman–Crippen LogP) is 3.81. The lowest BCUT2D eigenvalue weighted by Crippen LogP contribution is -2.28. The molecule has 1 amide bonds. The molecule has 4 nitrogen and oxygen atoms in total. The zero-order valence-corrected chi connectivity index (χ0v) is 14.3. The van der Waals surface area contributed by atoms with Crippen molar-refractivity contribution in [2.45, 2.75) is 26.5 Å². The van der Waals surface area contributed by atoms with Gasteiger partial charge in [-0.2, -0.15) is 0 Å². The molecule has 0 unspecified atom stereocenters. The highest BCUT2D eigenvalue weighted by Gasteiger charge is 2.06. The molecule has 0 saturated carbocycles. The molecule has 0 saturated heterocycles. The van der Waals surface area contributed by atoms with Gasteiger partial charge in [-0.1, -0.05) is 36.4 Å². The van der Waals surface area contributed by atoms with E-state index >= 15 is 0 Å². The molecule has 1 N–H and O–H groups in total. The van der Waals surface area contributed by atoms with Crippen molar-refractivity contribution in [3.63, 3.8) is 0 Å². The van der Waals surface area contributed by atoms with Crippen molar-refractivity contribution in [2.24, 2.45) is 0 Å². The van der Waals surface area contributed by atoms with Gasteiger partial charge in [-0.3, -0.25) is 4.79 Å². The third-order valence-corrected chi connectivity index (χ3v) is 3.28. The van der Waals surface area contributed by atoms with Crippen LogP contribution in [0.1, 0.15) is 25.0 Å². The number of amides is 1. The molecule has 126 valence electrons. The maximum atomic E-state index is 11.7. The molecule has 0 aromatic heterocycles. The maximum absolute atomic E-state index is 11.7. The van der Waals surface area contributed by atoms with Crippen LogP contribution >= 0.6 is 0 Å². The number of carbonyl (C=O) groups excluding carboxylic acids is 1. The Hall–Kier alpha value is -2.75. The SMILES string of the molecule is COc1cc(/C=C/C(=O)NC(C)C)ccc1OCc1ccccc1. The second-order valence-electron chi connectivity index (χ2n) is 5.68. The molecule has 24 heavy (non-hydrogen) atoms. The van der Waals surface area contributed by atoms with Crippen LogP contribution in [0.2, 0.25) is 0 Å². The van der Waals surface area contributed by atoms with Crippen LogP contribution < -0.4 is 14.8 Å². The minimum Gasteiger partial charge on any atom is -0.493 e. The number of carbonyl (C=O) groups is 1. The molecular formula is C20H23NO3. The number of hydrogen-bond acceptors (Lipinski definition) is 3. The van der Waals surface area contributed by atoms with Crippen LogP contribution in [0.15, 0.2) is 54.6 Å². The van der Waals surface area contributed by atoms with Crippen molar-refractivity contribution < 1.29 is 14.3 Å². The first-order chi connectivity index (χ1) is 11.6. The molecule has 0 fully saturated rings. The molecule has 0 aliphatic heterocycles. The van der Waals surface area contributed by atoms with Crippen molar-refractivity contribution in [3.8, 4) is 11.5 Å². The normalized spacial score (nSPS) is 10.8. The average molecular weight is 325 g/mol. The Labute approximate surface area is 143 Å². The van der Waals surface area contributed by atoms with E-state index < -0.39 is 0 Å². The molecule has 0 bridgehead atoms. The Morgan fingerprint density at radius 2 is 1.88 bits per heavy atom. The highest BCUT2D eigenvalue weighted by molar-refractivity contribution is 5.91. The van der Waals surface area contributed by atoms with Crippen LogP contribution in [0.3, 0.4) is 0 Å². The Bertz CT molecular complexity index is 693. The Morgan fingerprint density at radius 3 is 2.54 bits per heavy atom. The summed E-state index contributed by atoms with van der Waals surface area (Å²) >= 11 is 0. The van der Waals surface area contributed by atoms with Crippen molar-refractivity contribution in [3.05, 3.63) is 65.7 Å². The van der Waals surface area contributed by atoms with E-state index in [4.69, 9.17) is 9.47 Å². The fourth-order valence-corrected chi connectivity index (χ4v) is 2.15. The van der Waals surface area contributed by atoms with E-state index in [1.54, 1.807) is 13.2 Å². The predicted molar refractivity (Wildman–Crippen MR) is 96.1 cm³/mol. The topological polar surface area (TPSA) is 47.6 Å². The molecule has 0 spiro atoms. The fourth-order valence-electron chi connectivity index (χ4n) is 2.15. The smallest absolute Gasteiger partial charge is 0.244 e.